The Morgan fingerprint density at radius 2 is 1.79 bits per heavy atom. The Labute approximate surface area is 196 Å². The molecule has 1 N–H and O–H groups in total. The van der Waals surface area contributed by atoms with Crippen LogP contribution in [0.5, 0.6) is 0 Å². The fourth-order valence-electron chi connectivity index (χ4n) is 5.64. The smallest absolute Gasteiger partial charge is 0.263 e. The zero-order valence-electron chi connectivity index (χ0n) is 20.0. The first-order valence-corrected chi connectivity index (χ1v) is 12.6. The van der Waals surface area contributed by atoms with Crippen molar-refractivity contribution in [2.75, 3.05) is 31.7 Å². The van der Waals surface area contributed by atoms with Crippen LogP contribution in [0.25, 0.3) is 0 Å². The Bertz CT molecular complexity index is 878. The summed E-state index contributed by atoms with van der Waals surface area (Å²) in [6.45, 7) is 3.73. The fourth-order valence-corrected chi connectivity index (χ4v) is 5.64. The predicted octanol–water partition coefficient (Wildman–Crippen LogP) is 3.76. The van der Waals surface area contributed by atoms with Crippen LogP contribution in [0.1, 0.15) is 85.4 Å². The number of ether oxygens (including phenoxy) is 1. The van der Waals surface area contributed by atoms with Crippen molar-refractivity contribution in [1.82, 2.24) is 10.2 Å². The maximum Gasteiger partial charge on any atom is 0.263 e. The van der Waals surface area contributed by atoms with Crippen molar-refractivity contribution in [3.63, 3.8) is 0 Å². The van der Waals surface area contributed by atoms with Crippen LogP contribution in [0.2, 0.25) is 0 Å². The van der Waals surface area contributed by atoms with E-state index in [2.05, 4.69) is 10.2 Å². The minimum Gasteiger partial charge on any atom is -0.383 e. The van der Waals surface area contributed by atoms with Gasteiger partial charge in [-0.25, -0.2) is 0 Å². The summed E-state index contributed by atoms with van der Waals surface area (Å²) < 4.78 is 5.13. The van der Waals surface area contributed by atoms with Crippen molar-refractivity contribution in [2.45, 2.75) is 76.8 Å². The van der Waals surface area contributed by atoms with Gasteiger partial charge < -0.3 is 15.0 Å². The minimum atomic E-state index is -0.156. The van der Waals surface area contributed by atoms with Gasteiger partial charge in [-0.05, 0) is 44.7 Å². The highest BCUT2D eigenvalue weighted by molar-refractivity contribution is 6.24. The standard InChI is InChI=1S/C26H37N3O4/c1-18(17-33-2)27-24(30)19-10-9-15-28(16-19)22-14-8-13-21-23(22)26(32)29(25(21)31)20-11-6-4-3-5-7-12-20/h8,13-14,18-20H,3-7,9-12,15-17H2,1-2H3,(H,27,30)/t18-,19+/m0/s1. The molecule has 1 saturated heterocycles. The molecule has 0 aromatic heterocycles. The lowest BCUT2D eigenvalue weighted by molar-refractivity contribution is -0.126. The molecule has 0 spiro atoms. The van der Waals surface area contributed by atoms with E-state index in [1.807, 2.05) is 19.1 Å². The molecule has 3 aliphatic rings. The van der Waals surface area contributed by atoms with Crippen LogP contribution in [0, 0.1) is 5.92 Å². The molecule has 2 fully saturated rings. The van der Waals surface area contributed by atoms with Crippen LogP contribution in [-0.4, -0.2) is 61.5 Å². The van der Waals surface area contributed by atoms with E-state index in [1.165, 1.54) is 19.3 Å². The molecule has 7 heteroatoms. The lowest BCUT2D eigenvalue weighted by atomic mass is 9.95. The van der Waals surface area contributed by atoms with Crippen LogP contribution in [0.3, 0.4) is 0 Å². The van der Waals surface area contributed by atoms with Crippen LogP contribution in [0.15, 0.2) is 18.2 Å². The number of methoxy groups -OCH3 is 1. The molecule has 0 unspecified atom stereocenters. The Morgan fingerprint density at radius 1 is 1.06 bits per heavy atom. The number of imide groups is 1. The molecule has 1 aromatic carbocycles. The van der Waals surface area contributed by atoms with Gasteiger partial charge in [0, 0.05) is 32.3 Å². The number of fused-ring (bicyclic) bond motifs is 1. The SMILES string of the molecule is COC[C@H](C)NC(=O)[C@@H]1CCCN(c2cccc3c2C(=O)N(C2CCCCCCC2)C3=O)C1. The van der Waals surface area contributed by atoms with E-state index in [4.69, 9.17) is 4.74 Å². The average Bonchev–Trinajstić information content (AvgIpc) is 3.04. The molecule has 2 heterocycles. The van der Waals surface area contributed by atoms with Gasteiger partial charge in [0.25, 0.3) is 11.8 Å². The molecule has 0 radical (unpaired) electrons. The number of carbonyl (C=O) groups is 3. The number of carbonyl (C=O) groups excluding carboxylic acids is 3. The average molecular weight is 456 g/mol. The molecule has 180 valence electrons. The number of nitrogens with one attached hydrogen (secondary N) is 1. The number of nitrogens with zero attached hydrogens (tertiary/aromatic N) is 2. The van der Waals surface area contributed by atoms with Crippen LogP contribution < -0.4 is 10.2 Å². The molecule has 4 rings (SSSR count). The molecular formula is C26H37N3O4. The lowest BCUT2D eigenvalue weighted by Crippen LogP contribution is -2.46. The van der Waals surface area contributed by atoms with E-state index in [9.17, 15) is 14.4 Å². The number of anilines is 1. The predicted molar refractivity (Wildman–Crippen MR) is 127 cm³/mol. The molecule has 2 atom stereocenters. The van der Waals surface area contributed by atoms with E-state index in [1.54, 1.807) is 18.1 Å². The number of hydrogen-bond donors (Lipinski definition) is 1. The van der Waals surface area contributed by atoms with Gasteiger partial charge in [0.1, 0.15) is 0 Å². The highest BCUT2D eigenvalue weighted by Gasteiger charge is 2.42. The highest BCUT2D eigenvalue weighted by Crippen LogP contribution is 2.36. The first-order chi connectivity index (χ1) is 16.0. The molecule has 1 aromatic rings. The molecule has 33 heavy (non-hydrogen) atoms. The summed E-state index contributed by atoms with van der Waals surface area (Å²) in [5.41, 5.74) is 1.83. The third-order valence-electron chi connectivity index (χ3n) is 7.30. The molecule has 1 saturated carbocycles. The topological polar surface area (TPSA) is 79.0 Å². The molecule has 0 bridgehead atoms. The van der Waals surface area contributed by atoms with Gasteiger partial charge in [0.05, 0.1) is 29.3 Å². The van der Waals surface area contributed by atoms with Crippen molar-refractivity contribution < 1.29 is 19.1 Å². The third-order valence-corrected chi connectivity index (χ3v) is 7.30. The molecule has 3 amide bonds. The van der Waals surface area contributed by atoms with Gasteiger partial charge in [-0.3, -0.25) is 19.3 Å². The van der Waals surface area contributed by atoms with Crippen molar-refractivity contribution in [2.24, 2.45) is 5.92 Å². The lowest BCUT2D eigenvalue weighted by Gasteiger charge is -2.35. The summed E-state index contributed by atoms with van der Waals surface area (Å²) in [5.74, 6) is -0.434. The number of hydrogen-bond acceptors (Lipinski definition) is 5. The Hall–Kier alpha value is -2.41. The first-order valence-electron chi connectivity index (χ1n) is 12.6. The van der Waals surface area contributed by atoms with Crippen LogP contribution in [-0.2, 0) is 9.53 Å². The van der Waals surface area contributed by atoms with Gasteiger partial charge >= 0.3 is 0 Å². The molecule has 1 aliphatic carbocycles. The Kier molecular flexibility index (Phi) is 7.68. The van der Waals surface area contributed by atoms with Gasteiger partial charge in [0.2, 0.25) is 5.91 Å². The highest BCUT2D eigenvalue weighted by atomic mass is 16.5. The van der Waals surface area contributed by atoms with Crippen LogP contribution in [0.4, 0.5) is 5.69 Å². The van der Waals surface area contributed by atoms with E-state index >= 15 is 0 Å². The maximum atomic E-state index is 13.6. The first kappa shape index (κ1) is 23.7. The summed E-state index contributed by atoms with van der Waals surface area (Å²) in [5, 5.41) is 3.03. The van der Waals surface area contributed by atoms with E-state index in [0.29, 0.717) is 24.3 Å². The van der Waals surface area contributed by atoms with Gasteiger partial charge in [-0.15, -0.1) is 0 Å². The number of rotatable bonds is 6. The van der Waals surface area contributed by atoms with Crippen molar-refractivity contribution >= 4 is 23.4 Å². The summed E-state index contributed by atoms with van der Waals surface area (Å²) in [7, 11) is 1.62. The molecule has 2 aliphatic heterocycles. The fraction of sp³-hybridized carbons (Fsp3) is 0.654. The van der Waals surface area contributed by atoms with Crippen LogP contribution >= 0.6 is 0 Å². The summed E-state index contributed by atoms with van der Waals surface area (Å²) in [4.78, 5) is 43.4. The van der Waals surface area contributed by atoms with Gasteiger partial charge in [-0.2, -0.15) is 0 Å². The Morgan fingerprint density at radius 3 is 2.52 bits per heavy atom. The second-order valence-corrected chi connectivity index (χ2v) is 9.83. The maximum absolute atomic E-state index is 13.6. The molecule has 7 nitrogen and oxygen atoms in total. The number of benzene rings is 1. The second-order valence-electron chi connectivity index (χ2n) is 9.83. The largest absolute Gasteiger partial charge is 0.383 e. The number of piperidine rings is 1. The zero-order chi connectivity index (χ0) is 23.4. The minimum absolute atomic E-state index is 0.00676. The monoisotopic (exact) mass is 455 g/mol. The quantitative estimate of drug-likeness (QED) is 0.661. The zero-order valence-corrected chi connectivity index (χ0v) is 20.0. The Balaban J connectivity index is 1.53. The summed E-state index contributed by atoms with van der Waals surface area (Å²) >= 11 is 0. The van der Waals surface area contributed by atoms with Gasteiger partial charge in [0.15, 0.2) is 0 Å². The third kappa shape index (κ3) is 5.08. The second kappa shape index (κ2) is 10.7. The summed E-state index contributed by atoms with van der Waals surface area (Å²) in [6.07, 6.45) is 9.19. The summed E-state index contributed by atoms with van der Waals surface area (Å²) in [6, 6.07) is 5.52. The van der Waals surface area contributed by atoms with E-state index < -0.39 is 0 Å². The number of amides is 3. The van der Waals surface area contributed by atoms with Crippen molar-refractivity contribution in [3.05, 3.63) is 29.3 Å². The van der Waals surface area contributed by atoms with Crippen molar-refractivity contribution in [3.8, 4) is 0 Å². The van der Waals surface area contributed by atoms with E-state index in [0.717, 1.165) is 50.8 Å². The van der Waals surface area contributed by atoms with Gasteiger partial charge in [-0.1, -0.05) is 38.2 Å². The normalized spacial score (nSPS) is 23.2. The molecular weight excluding hydrogens is 418 g/mol. The van der Waals surface area contributed by atoms with E-state index in [-0.39, 0.29) is 35.7 Å². The van der Waals surface area contributed by atoms with Crippen molar-refractivity contribution in [1.29, 1.82) is 0 Å².